The fourth-order valence-electron chi connectivity index (χ4n) is 3.07. The Hall–Kier alpha value is -2.57. The standard InChI is InChI=1S/C20H22NO6/c1-9-10(2)12(4)17(11(9)3)14(22)7-8-16(24)21-18-15(23)6-5-13(19(18)25)20(26)27/h5-6,23,25H,7-8H2,1-4H3,(H,21,24)(H,26,27). The van der Waals surface area contributed by atoms with E-state index < -0.39 is 28.9 Å². The average Bonchev–Trinajstić information content (AvgIpc) is 2.79. The number of aromatic carboxylic acids is 1. The molecule has 0 atom stereocenters. The molecule has 5 radical (unpaired) electrons. The normalized spacial score (nSPS) is 17.3. The van der Waals surface area contributed by atoms with E-state index in [0.29, 0.717) is 5.92 Å². The molecule has 1 amide bonds. The fraction of sp³-hybridized carbons (Fsp3) is 0.300. The van der Waals surface area contributed by atoms with Gasteiger partial charge in [0, 0.05) is 12.8 Å². The highest BCUT2D eigenvalue weighted by molar-refractivity contribution is 6.05. The number of anilines is 1. The highest BCUT2D eigenvalue weighted by Gasteiger charge is 2.46. The van der Waals surface area contributed by atoms with Crippen molar-refractivity contribution in [2.24, 2.45) is 0 Å². The summed E-state index contributed by atoms with van der Waals surface area (Å²) in [6.07, 6.45) is -0.215. The SMILES string of the molecule is C[C]1[C](C)[C](C)[C](C(=O)CCC(=O)Nc2c(O)ccc(C(=O)O)c2O)[C]1C. The van der Waals surface area contributed by atoms with Gasteiger partial charge in [0.25, 0.3) is 0 Å². The summed E-state index contributed by atoms with van der Waals surface area (Å²) >= 11 is 0. The molecule has 4 N–H and O–H groups in total. The molecule has 0 aromatic heterocycles. The van der Waals surface area contributed by atoms with Crippen molar-refractivity contribution in [3.8, 4) is 11.5 Å². The van der Waals surface area contributed by atoms with E-state index in [9.17, 15) is 24.6 Å². The van der Waals surface area contributed by atoms with Crippen molar-refractivity contribution in [3.63, 3.8) is 0 Å². The third-order valence-electron chi connectivity index (χ3n) is 4.95. The smallest absolute Gasteiger partial charge is 0.339 e. The molecule has 0 bridgehead atoms. The zero-order valence-corrected chi connectivity index (χ0v) is 15.6. The number of benzene rings is 1. The molecule has 0 spiro atoms. The molecule has 27 heavy (non-hydrogen) atoms. The molecule has 0 heterocycles. The molecular formula is C20H22NO6. The van der Waals surface area contributed by atoms with Crippen LogP contribution in [-0.2, 0) is 9.59 Å². The first-order valence-electron chi connectivity index (χ1n) is 8.40. The monoisotopic (exact) mass is 372 g/mol. The van der Waals surface area contributed by atoms with Gasteiger partial charge in [-0.15, -0.1) is 0 Å². The largest absolute Gasteiger partial charge is 0.506 e. The number of nitrogens with one attached hydrogen (secondary N) is 1. The van der Waals surface area contributed by atoms with E-state index in [1.54, 1.807) is 0 Å². The Morgan fingerprint density at radius 3 is 1.96 bits per heavy atom. The number of carbonyl (C=O) groups is 3. The summed E-state index contributed by atoms with van der Waals surface area (Å²) in [5.74, 6) is 1.15. The van der Waals surface area contributed by atoms with Crippen LogP contribution >= 0.6 is 0 Å². The molecule has 2 rings (SSSR count). The maximum Gasteiger partial charge on any atom is 0.339 e. The second kappa shape index (κ2) is 7.98. The topological polar surface area (TPSA) is 124 Å². The number of carboxylic acid groups (broad SMARTS) is 1. The lowest BCUT2D eigenvalue weighted by molar-refractivity contribution is -0.121. The van der Waals surface area contributed by atoms with Crippen molar-refractivity contribution in [2.45, 2.75) is 40.5 Å². The third kappa shape index (κ3) is 4.07. The maximum atomic E-state index is 12.5. The third-order valence-corrected chi connectivity index (χ3v) is 4.95. The molecule has 1 aromatic carbocycles. The van der Waals surface area contributed by atoms with E-state index in [4.69, 9.17) is 5.11 Å². The molecular weight excluding hydrogens is 350 g/mol. The second-order valence-corrected chi connectivity index (χ2v) is 6.51. The van der Waals surface area contributed by atoms with Crippen molar-refractivity contribution in [1.29, 1.82) is 0 Å². The van der Waals surface area contributed by atoms with Gasteiger partial charge in [-0.2, -0.15) is 0 Å². The minimum absolute atomic E-state index is 0.0451. The van der Waals surface area contributed by atoms with Gasteiger partial charge in [-0.1, -0.05) is 27.7 Å². The summed E-state index contributed by atoms with van der Waals surface area (Å²) in [6.45, 7) is 7.64. The molecule has 1 fully saturated rings. The molecule has 1 saturated carbocycles. The minimum Gasteiger partial charge on any atom is -0.506 e. The van der Waals surface area contributed by atoms with Crippen LogP contribution in [0.3, 0.4) is 0 Å². The van der Waals surface area contributed by atoms with Crippen molar-refractivity contribution in [2.75, 3.05) is 5.32 Å². The van der Waals surface area contributed by atoms with Crippen LogP contribution in [0.1, 0.15) is 50.9 Å². The molecule has 7 heteroatoms. The molecule has 0 aliphatic heterocycles. The molecule has 143 valence electrons. The minimum atomic E-state index is -1.40. The van der Waals surface area contributed by atoms with Gasteiger partial charge >= 0.3 is 5.97 Å². The zero-order chi connectivity index (χ0) is 20.5. The quantitative estimate of drug-likeness (QED) is 0.569. The lowest BCUT2D eigenvalue weighted by atomic mass is 9.84. The highest BCUT2D eigenvalue weighted by Crippen LogP contribution is 2.52. The van der Waals surface area contributed by atoms with Crippen LogP contribution in [0.4, 0.5) is 5.69 Å². The summed E-state index contributed by atoms with van der Waals surface area (Å²) in [5, 5.41) is 31.0. The number of ketones is 1. The predicted octanol–water partition coefficient (Wildman–Crippen LogP) is 3.05. The molecule has 1 aliphatic rings. The number of phenolic OH excluding ortho intramolecular Hbond substituents is 1. The van der Waals surface area contributed by atoms with Crippen LogP contribution in [0, 0.1) is 29.6 Å². The van der Waals surface area contributed by atoms with Gasteiger partial charge in [-0.25, -0.2) is 4.79 Å². The average molecular weight is 372 g/mol. The lowest BCUT2D eigenvalue weighted by Crippen LogP contribution is -2.21. The van der Waals surface area contributed by atoms with Crippen LogP contribution in [-0.4, -0.2) is 33.0 Å². The summed E-state index contributed by atoms with van der Waals surface area (Å²) in [4.78, 5) is 35.7. The number of carbonyl (C=O) groups excluding carboxylic acids is 2. The lowest BCUT2D eigenvalue weighted by Gasteiger charge is -2.18. The summed E-state index contributed by atoms with van der Waals surface area (Å²) in [6, 6.07) is 2.09. The van der Waals surface area contributed by atoms with Gasteiger partial charge in [0.05, 0.1) is 5.92 Å². The van der Waals surface area contributed by atoms with E-state index in [2.05, 4.69) is 5.32 Å². The molecule has 0 unspecified atom stereocenters. The van der Waals surface area contributed by atoms with Crippen LogP contribution in [0.5, 0.6) is 11.5 Å². The molecule has 0 saturated heterocycles. The number of hydrogen-bond acceptors (Lipinski definition) is 5. The Bertz CT molecular complexity index is 745. The van der Waals surface area contributed by atoms with Gasteiger partial charge in [0.15, 0.2) is 5.75 Å². The van der Waals surface area contributed by atoms with Gasteiger partial charge in [0.1, 0.15) is 22.8 Å². The molecule has 1 aromatic rings. The zero-order valence-electron chi connectivity index (χ0n) is 15.6. The van der Waals surface area contributed by atoms with Crippen LogP contribution in [0.2, 0.25) is 0 Å². The Kier molecular flexibility index (Phi) is 6.13. The van der Waals surface area contributed by atoms with Crippen molar-refractivity contribution < 1.29 is 29.7 Å². The Morgan fingerprint density at radius 1 is 0.889 bits per heavy atom. The Morgan fingerprint density at radius 2 is 1.44 bits per heavy atom. The number of Topliss-reactive ketones (excluding diaryl/α,β-unsaturated/α-hetero) is 1. The molecule has 7 nitrogen and oxygen atoms in total. The number of phenols is 2. The van der Waals surface area contributed by atoms with Crippen molar-refractivity contribution in [3.05, 3.63) is 47.3 Å². The maximum absolute atomic E-state index is 12.5. The first kappa shape index (κ1) is 20.7. The number of aromatic hydroxyl groups is 2. The van der Waals surface area contributed by atoms with E-state index >= 15 is 0 Å². The van der Waals surface area contributed by atoms with Gasteiger partial charge in [0.2, 0.25) is 5.91 Å². The number of carboxylic acids is 1. The van der Waals surface area contributed by atoms with Crippen molar-refractivity contribution in [1.82, 2.24) is 0 Å². The van der Waals surface area contributed by atoms with Crippen LogP contribution in [0.25, 0.3) is 0 Å². The number of hydrogen-bond donors (Lipinski definition) is 4. The van der Waals surface area contributed by atoms with E-state index in [1.807, 2.05) is 27.7 Å². The van der Waals surface area contributed by atoms with Gasteiger partial charge < -0.3 is 20.6 Å². The number of rotatable bonds is 6. The van der Waals surface area contributed by atoms with Gasteiger partial charge in [-0.05, 0) is 35.8 Å². The Labute approximate surface area is 158 Å². The second-order valence-electron chi connectivity index (χ2n) is 6.51. The summed E-state index contributed by atoms with van der Waals surface area (Å²) < 4.78 is 0. The van der Waals surface area contributed by atoms with Crippen molar-refractivity contribution >= 4 is 23.3 Å². The number of amides is 1. The predicted molar refractivity (Wildman–Crippen MR) is 98.5 cm³/mol. The van der Waals surface area contributed by atoms with Crippen LogP contribution < -0.4 is 5.32 Å². The molecule has 1 aliphatic carbocycles. The van der Waals surface area contributed by atoms with E-state index in [0.717, 1.165) is 35.8 Å². The first-order chi connectivity index (χ1) is 12.6. The van der Waals surface area contributed by atoms with E-state index in [-0.39, 0.29) is 24.3 Å². The van der Waals surface area contributed by atoms with Gasteiger partial charge in [-0.3, -0.25) is 9.59 Å². The Balaban J connectivity index is 2.02. The van der Waals surface area contributed by atoms with E-state index in [1.165, 1.54) is 0 Å². The summed E-state index contributed by atoms with van der Waals surface area (Å²) in [7, 11) is 0. The first-order valence-corrected chi connectivity index (χ1v) is 8.40. The fourth-order valence-corrected chi connectivity index (χ4v) is 3.07. The highest BCUT2D eigenvalue weighted by atomic mass is 16.4. The summed E-state index contributed by atoms with van der Waals surface area (Å²) in [5.41, 5.74) is -0.840. The van der Waals surface area contributed by atoms with Crippen LogP contribution in [0.15, 0.2) is 12.1 Å².